The van der Waals surface area contributed by atoms with Gasteiger partial charge in [0.05, 0.1) is 23.3 Å². The standard InChI is InChI=1S/C21H15BrN2O5/c1-28-20-11-14(13-23-17-8-6-16(22)7-9-17)5-10-19(20)29-21(25)15-3-2-4-18(12-15)24(26)27/h2-13H,1H3. The number of hydrogen-bond acceptors (Lipinski definition) is 6. The fraction of sp³-hybridized carbons (Fsp3) is 0.0476. The fourth-order valence-corrected chi connectivity index (χ4v) is 2.69. The van der Waals surface area contributed by atoms with E-state index in [1.807, 2.05) is 24.3 Å². The van der Waals surface area contributed by atoms with Crippen LogP contribution < -0.4 is 9.47 Å². The predicted molar refractivity (Wildman–Crippen MR) is 112 cm³/mol. The molecule has 0 amide bonds. The van der Waals surface area contributed by atoms with Crippen LogP contribution >= 0.6 is 15.9 Å². The summed E-state index contributed by atoms with van der Waals surface area (Å²) in [6.45, 7) is 0. The maximum atomic E-state index is 12.3. The second-order valence-corrected chi connectivity index (χ2v) is 6.76. The number of nitro groups is 1. The third kappa shape index (κ3) is 5.26. The van der Waals surface area contributed by atoms with E-state index in [4.69, 9.17) is 9.47 Å². The topological polar surface area (TPSA) is 91.0 Å². The van der Waals surface area contributed by atoms with Crippen LogP contribution in [0.3, 0.4) is 0 Å². The van der Waals surface area contributed by atoms with Crippen LogP contribution in [-0.2, 0) is 0 Å². The van der Waals surface area contributed by atoms with Crippen molar-refractivity contribution < 1.29 is 19.2 Å². The van der Waals surface area contributed by atoms with Crippen molar-refractivity contribution in [2.45, 2.75) is 0 Å². The number of nitrogens with zero attached hydrogens (tertiary/aromatic N) is 2. The van der Waals surface area contributed by atoms with Gasteiger partial charge >= 0.3 is 5.97 Å². The first-order valence-corrected chi connectivity index (χ1v) is 9.20. The van der Waals surface area contributed by atoms with Crippen LogP contribution in [0.15, 0.2) is 76.2 Å². The highest BCUT2D eigenvalue weighted by atomic mass is 79.9. The van der Waals surface area contributed by atoms with Crippen LogP contribution in [0, 0.1) is 10.1 Å². The molecule has 0 heterocycles. The third-order valence-electron chi connectivity index (χ3n) is 3.87. The normalized spacial score (nSPS) is 10.7. The van der Waals surface area contributed by atoms with E-state index < -0.39 is 10.9 Å². The Labute approximate surface area is 174 Å². The number of methoxy groups -OCH3 is 1. The molecule has 3 aromatic rings. The molecule has 3 rings (SSSR count). The number of halogens is 1. The summed E-state index contributed by atoms with van der Waals surface area (Å²) in [6.07, 6.45) is 1.66. The zero-order chi connectivity index (χ0) is 20.8. The van der Waals surface area contributed by atoms with Crippen LogP contribution in [0.1, 0.15) is 15.9 Å². The summed E-state index contributed by atoms with van der Waals surface area (Å²) >= 11 is 3.37. The van der Waals surface area contributed by atoms with Crippen LogP contribution in [0.25, 0.3) is 0 Å². The molecular formula is C21H15BrN2O5. The van der Waals surface area contributed by atoms with Crippen LogP contribution in [0.2, 0.25) is 0 Å². The number of esters is 1. The fourth-order valence-electron chi connectivity index (χ4n) is 2.43. The van der Waals surface area contributed by atoms with Gasteiger partial charge in [-0.3, -0.25) is 15.1 Å². The zero-order valence-corrected chi connectivity index (χ0v) is 16.8. The monoisotopic (exact) mass is 454 g/mol. The second-order valence-electron chi connectivity index (χ2n) is 5.84. The average Bonchev–Trinajstić information content (AvgIpc) is 2.74. The van der Waals surface area contributed by atoms with E-state index in [2.05, 4.69) is 20.9 Å². The Morgan fingerprint density at radius 3 is 2.52 bits per heavy atom. The molecule has 0 aromatic heterocycles. The van der Waals surface area contributed by atoms with Gasteiger partial charge in [-0.1, -0.05) is 22.0 Å². The van der Waals surface area contributed by atoms with Gasteiger partial charge in [-0.15, -0.1) is 0 Å². The molecule has 0 radical (unpaired) electrons. The van der Waals surface area contributed by atoms with E-state index in [0.717, 1.165) is 21.8 Å². The van der Waals surface area contributed by atoms with Crippen molar-refractivity contribution in [3.05, 3.63) is 92.4 Å². The van der Waals surface area contributed by atoms with E-state index in [1.54, 1.807) is 24.4 Å². The minimum absolute atomic E-state index is 0.0714. The molecule has 146 valence electrons. The first kappa shape index (κ1) is 20.2. The summed E-state index contributed by atoms with van der Waals surface area (Å²) in [5.74, 6) is -0.184. The van der Waals surface area contributed by atoms with E-state index in [9.17, 15) is 14.9 Å². The number of hydrogen-bond donors (Lipinski definition) is 0. The van der Waals surface area contributed by atoms with E-state index in [0.29, 0.717) is 5.75 Å². The Morgan fingerprint density at radius 1 is 1.07 bits per heavy atom. The van der Waals surface area contributed by atoms with Crippen LogP contribution in [0.4, 0.5) is 11.4 Å². The molecule has 0 fully saturated rings. The molecule has 0 spiro atoms. The Kier molecular flexibility index (Phi) is 6.36. The van der Waals surface area contributed by atoms with Crippen LogP contribution in [-0.4, -0.2) is 24.2 Å². The molecule has 29 heavy (non-hydrogen) atoms. The van der Waals surface area contributed by atoms with Crippen molar-refractivity contribution >= 4 is 39.5 Å². The summed E-state index contributed by atoms with van der Waals surface area (Å²) in [5.41, 5.74) is 1.42. The highest BCUT2D eigenvalue weighted by molar-refractivity contribution is 9.10. The second kappa shape index (κ2) is 9.11. The van der Waals surface area contributed by atoms with Crippen LogP contribution in [0.5, 0.6) is 11.5 Å². The summed E-state index contributed by atoms with van der Waals surface area (Å²) < 4.78 is 11.6. The van der Waals surface area contributed by atoms with E-state index in [1.165, 1.54) is 25.3 Å². The number of rotatable bonds is 6. The average molecular weight is 455 g/mol. The van der Waals surface area contributed by atoms with Gasteiger partial charge in [-0.05, 0) is 54.1 Å². The van der Waals surface area contributed by atoms with Gasteiger partial charge in [-0.25, -0.2) is 4.79 Å². The molecule has 0 saturated carbocycles. The molecular weight excluding hydrogens is 440 g/mol. The quantitative estimate of drug-likeness (QED) is 0.165. The molecule has 3 aromatic carbocycles. The van der Waals surface area contributed by atoms with Gasteiger partial charge in [0.25, 0.3) is 5.69 Å². The lowest BCUT2D eigenvalue weighted by atomic mass is 10.2. The molecule has 0 atom stereocenters. The molecule has 0 N–H and O–H groups in total. The Bertz CT molecular complexity index is 1080. The highest BCUT2D eigenvalue weighted by Crippen LogP contribution is 2.29. The van der Waals surface area contributed by atoms with E-state index in [-0.39, 0.29) is 17.0 Å². The Morgan fingerprint density at radius 2 is 1.83 bits per heavy atom. The predicted octanol–water partition coefficient (Wildman–Crippen LogP) is 5.34. The van der Waals surface area contributed by atoms with Crippen molar-refractivity contribution in [1.29, 1.82) is 0 Å². The maximum absolute atomic E-state index is 12.3. The lowest BCUT2D eigenvalue weighted by molar-refractivity contribution is -0.384. The largest absolute Gasteiger partial charge is 0.493 e. The minimum Gasteiger partial charge on any atom is -0.493 e. The summed E-state index contributed by atoms with van der Waals surface area (Å²) in [4.78, 5) is 27.0. The summed E-state index contributed by atoms with van der Waals surface area (Å²) in [5, 5.41) is 10.9. The van der Waals surface area contributed by atoms with Crippen molar-refractivity contribution in [3.63, 3.8) is 0 Å². The number of carbonyl (C=O) groups is 1. The molecule has 0 bridgehead atoms. The number of ether oxygens (including phenoxy) is 2. The molecule has 0 unspecified atom stereocenters. The van der Waals surface area contributed by atoms with Crippen molar-refractivity contribution in [2.24, 2.45) is 4.99 Å². The van der Waals surface area contributed by atoms with Gasteiger partial charge < -0.3 is 9.47 Å². The number of aliphatic imine (C=N–C) groups is 1. The van der Waals surface area contributed by atoms with Gasteiger partial charge in [0.15, 0.2) is 11.5 Å². The van der Waals surface area contributed by atoms with Gasteiger partial charge in [0.1, 0.15) is 0 Å². The number of benzene rings is 3. The van der Waals surface area contributed by atoms with Crippen molar-refractivity contribution in [3.8, 4) is 11.5 Å². The number of non-ortho nitro benzene ring substituents is 1. The van der Waals surface area contributed by atoms with E-state index >= 15 is 0 Å². The molecule has 0 aliphatic rings. The lowest BCUT2D eigenvalue weighted by Gasteiger charge is -2.10. The Hall–Kier alpha value is -3.52. The lowest BCUT2D eigenvalue weighted by Crippen LogP contribution is -2.09. The SMILES string of the molecule is COc1cc(C=Nc2ccc(Br)cc2)ccc1OC(=O)c1cccc([N+](=O)[O-])c1. The third-order valence-corrected chi connectivity index (χ3v) is 4.40. The Balaban J connectivity index is 1.78. The first-order chi connectivity index (χ1) is 14.0. The van der Waals surface area contributed by atoms with Crippen molar-refractivity contribution in [1.82, 2.24) is 0 Å². The molecule has 0 aliphatic heterocycles. The number of carbonyl (C=O) groups excluding carboxylic acids is 1. The molecule has 0 aliphatic carbocycles. The first-order valence-electron chi connectivity index (χ1n) is 8.40. The van der Waals surface area contributed by atoms with Gasteiger partial charge in [0, 0.05) is 22.8 Å². The van der Waals surface area contributed by atoms with Crippen molar-refractivity contribution in [2.75, 3.05) is 7.11 Å². The maximum Gasteiger partial charge on any atom is 0.343 e. The zero-order valence-electron chi connectivity index (χ0n) is 15.2. The molecule has 7 nitrogen and oxygen atoms in total. The molecule has 0 saturated heterocycles. The smallest absolute Gasteiger partial charge is 0.343 e. The van der Waals surface area contributed by atoms with Gasteiger partial charge in [0.2, 0.25) is 0 Å². The minimum atomic E-state index is -0.719. The summed E-state index contributed by atoms with van der Waals surface area (Å²) in [7, 11) is 1.45. The van der Waals surface area contributed by atoms with Gasteiger partial charge in [-0.2, -0.15) is 0 Å². The molecule has 8 heteroatoms. The number of nitro benzene ring substituents is 1. The highest BCUT2D eigenvalue weighted by Gasteiger charge is 2.15. The summed E-state index contributed by atoms with van der Waals surface area (Å²) in [6, 6.07) is 17.8.